The molecule has 0 aromatic heterocycles. The summed E-state index contributed by atoms with van der Waals surface area (Å²) in [6, 6.07) is 6.93. The van der Waals surface area contributed by atoms with Gasteiger partial charge in [-0.2, -0.15) is 5.26 Å². The number of benzene rings is 1. The Bertz CT molecular complexity index is 551. The molecule has 1 amide bonds. The zero-order valence-corrected chi connectivity index (χ0v) is 12.1. The molecule has 0 aliphatic heterocycles. The third kappa shape index (κ3) is 3.73. The van der Waals surface area contributed by atoms with E-state index in [1.54, 1.807) is 18.2 Å². The summed E-state index contributed by atoms with van der Waals surface area (Å²) in [5.74, 6) is 0.316. The standard InChI is InChI=1S/C16H20N2O3/c1-21-15-10-12(7-6-11(15)8-9-17)16(20)18-13-4-2-3-5-14(13)19/h6-7,10,13-14,19H,2-5,8H2,1H3,(H,18,20)/t13?,14-/m1/s1. The molecule has 1 aromatic carbocycles. The molecule has 0 saturated heterocycles. The first-order chi connectivity index (χ1) is 10.2. The highest BCUT2D eigenvalue weighted by molar-refractivity contribution is 5.95. The number of nitriles is 1. The number of aliphatic hydroxyl groups is 1. The Morgan fingerprint density at radius 3 is 2.90 bits per heavy atom. The Kier molecular flexibility index (Phi) is 5.18. The molecule has 2 atom stereocenters. The van der Waals surface area contributed by atoms with Gasteiger partial charge in [-0.3, -0.25) is 4.79 Å². The first-order valence-corrected chi connectivity index (χ1v) is 7.18. The molecule has 0 radical (unpaired) electrons. The quantitative estimate of drug-likeness (QED) is 0.885. The van der Waals surface area contributed by atoms with Gasteiger partial charge in [-0.1, -0.05) is 18.9 Å². The summed E-state index contributed by atoms with van der Waals surface area (Å²) < 4.78 is 5.22. The fourth-order valence-corrected chi connectivity index (χ4v) is 2.65. The van der Waals surface area contributed by atoms with Crippen molar-refractivity contribution in [1.29, 1.82) is 5.26 Å². The number of methoxy groups -OCH3 is 1. The van der Waals surface area contributed by atoms with Crippen molar-refractivity contribution in [3.63, 3.8) is 0 Å². The van der Waals surface area contributed by atoms with Crippen molar-refractivity contribution in [2.75, 3.05) is 7.11 Å². The van der Waals surface area contributed by atoms with Crippen LogP contribution in [-0.4, -0.2) is 30.3 Å². The molecule has 0 spiro atoms. The lowest BCUT2D eigenvalue weighted by atomic mass is 9.92. The molecule has 1 aromatic rings. The highest BCUT2D eigenvalue weighted by atomic mass is 16.5. The number of hydrogen-bond donors (Lipinski definition) is 2. The Balaban J connectivity index is 2.10. The van der Waals surface area contributed by atoms with Gasteiger partial charge in [0.05, 0.1) is 31.7 Å². The van der Waals surface area contributed by atoms with E-state index in [1.807, 2.05) is 0 Å². The Hall–Kier alpha value is -2.06. The van der Waals surface area contributed by atoms with E-state index in [1.165, 1.54) is 7.11 Å². The second-order valence-corrected chi connectivity index (χ2v) is 5.29. The Morgan fingerprint density at radius 1 is 1.48 bits per heavy atom. The van der Waals surface area contributed by atoms with E-state index in [-0.39, 0.29) is 18.4 Å². The third-order valence-electron chi connectivity index (χ3n) is 3.86. The number of carbonyl (C=O) groups excluding carboxylic acids is 1. The topological polar surface area (TPSA) is 82.3 Å². The fourth-order valence-electron chi connectivity index (χ4n) is 2.65. The normalized spacial score (nSPS) is 21.4. The zero-order chi connectivity index (χ0) is 15.2. The molecular formula is C16H20N2O3. The summed E-state index contributed by atoms with van der Waals surface area (Å²) in [4.78, 5) is 12.3. The Morgan fingerprint density at radius 2 is 2.24 bits per heavy atom. The maximum atomic E-state index is 12.3. The zero-order valence-electron chi connectivity index (χ0n) is 12.1. The van der Waals surface area contributed by atoms with Crippen LogP contribution in [0.4, 0.5) is 0 Å². The minimum atomic E-state index is -0.470. The molecule has 5 heteroatoms. The van der Waals surface area contributed by atoms with Crippen LogP contribution in [0, 0.1) is 11.3 Å². The summed E-state index contributed by atoms with van der Waals surface area (Å²) in [6.07, 6.45) is 3.33. The van der Waals surface area contributed by atoms with Crippen molar-refractivity contribution in [3.05, 3.63) is 29.3 Å². The minimum Gasteiger partial charge on any atom is -0.496 e. The van der Waals surface area contributed by atoms with Crippen molar-refractivity contribution in [1.82, 2.24) is 5.32 Å². The molecule has 2 rings (SSSR count). The predicted octanol–water partition coefficient (Wildman–Crippen LogP) is 1.79. The van der Waals surface area contributed by atoms with Crippen LogP contribution in [0.2, 0.25) is 0 Å². The molecule has 1 aliphatic carbocycles. The average molecular weight is 288 g/mol. The molecule has 1 saturated carbocycles. The molecule has 112 valence electrons. The van der Waals surface area contributed by atoms with E-state index >= 15 is 0 Å². The summed E-state index contributed by atoms with van der Waals surface area (Å²) in [6.45, 7) is 0. The predicted molar refractivity (Wildman–Crippen MR) is 78.0 cm³/mol. The van der Waals surface area contributed by atoms with Gasteiger partial charge in [0.15, 0.2) is 0 Å². The van der Waals surface area contributed by atoms with Gasteiger partial charge < -0.3 is 15.2 Å². The van der Waals surface area contributed by atoms with E-state index < -0.39 is 6.10 Å². The van der Waals surface area contributed by atoms with Crippen LogP contribution in [-0.2, 0) is 6.42 Å². The van der Waals surface area contributed by atoms with Gasteiger partial charge in [0.2, 0.25) is 0 Å². The largest absolute Gasteiger partial charge is 0.496 e. The number of aliphatic hydroxyl groups excluding tert-OH is 1. The van der Waals surface area contributed by atoms with Gasteiger partial charge >= 0.3 is 0 Å². The van der Waals surface area contributed by atoms with E-state index in [4.69, 9.17) is 10.00 Å². The fraction of sp³-hybridized carbons (Fsp3) is 0.500. The summed E-state index contributed by atoms with van der Waals surface area (Å²) in [5.41, 5.74) is 1.24. The molecule has 1 fully saturated rings. The smallest absolute Gasteiger partial charge is 0.251 e. The average Bonchev–Trinajstić information content (AvgIpc) is 2.50. The molecule has 1 unspecified atom stereocenters. The van der Waals surface area contributed by atoms with E-state index in [2.05, 4.69) is 11.4 Å². The maximum absolute atomic E-state index is 12.3. The van der Waals surface area contributed by atoms with Crippen LogP contribution < -0.4 is 10.1 Å². The van der Waals surface area contributed by atoms with Gasteiger partial charge in [-0.25, -0.2) is 0 Å². The monoisotopic (exact) mass is 288 g/mol. The number of hydrogen-bond acceptors (Lipinski definition) is 4. The van der Waals surface area contributed by atoms with Gasteiger partial charge in [0.1, 0.15) is 5.75 Å². The molecule has 1 aliphatic rings. The molecule has 0 heterocycles. The molecule has 5 nitrogen and oxygen atoms in total. The van der Waals surface area contributed by atoms with Gasteiger partial charge in [-0.15, -0.1) is 0 Å². The van der Waals surface area contributed by atoms with Crippen LogP contribution in [0.25, 0.3) is 0 Å². The lowest BCUT2D eigenvalue weighted by molar-refractivity contribution is 0.0717. The first-order valence-electron chi connectivity index (χ1n) is 7.18. The van der Waals surface area contributed by atoms with Crippen LogP contribution in [0.15, 0.2) is 18.2 Å². The van der Waals surface area contributed by atoms with Crippen LogP contribution in [0.1, 0.15) is 41.6 Å². The third-order valence-corrected chi connectivity index (χ3v) is 3.86. The highest BCUT2D eigenvalue weighted by Gasteiger charge is 2.25. The van der Waals surface area contributed by atoms with Gasteiger partial charge in [0, 0.05) is 11.1 Å². The van der Waals surface area contributed by atoms with Crippen LogP contribution in [0.3, 0.4) is 0 Å². The number of carbonyl (C=O) groups is 1. The lowest BCUT2D eigenvalue weighted by Gasteiger charge is -2.28. The van der Waals surface area contributed by atoms with E-state index in [0.717, 1.165) is 31.2 Å². The van der Waals surface area contributed by atoms with Gasteiger partial charge in [0.25, 0.3) is 5.91 Å². The molecule has 2 N–H and O–H groups in total. The number of rotatable bonds is 4. The minimum absolute atomic E-state index is 0.184. The highest BCUT2D eigenvalue weighted by Crippen LogP contribution is 2.22. The van der Waals surface area contributed by atoms with Crippen molar-refractivity contribution >= 4 is 5.91 Å². The van der Waals surface area contributed by atoms with Crippen molar-refractivity contribution in [2.45, 2.75) is 44.2 Å². The molecule has 21 heavy (non-hydrogen) atoms. The molecular weight excluding hydrogens is 268 g/mol. The summed E-state index contributed by atoms with van der Waals surface area (Å²) >= 11 is 0. The number of amides is 1. The van der Waals surface area contributed by atoms with Crippen molar-refractivity contribution in [2.24, 2.45) is 0 Å². The number of nitrogens with one attached hydrogen (secondary N) is 1. The van der Waals surface area contributed by atoms with Crippen LogP contribution >= 0.6 is 0 Å². The van der Waals surface area contributed by atoms with Gasteiger partial charge in [-0.05, 0) is 25.0 Å². The summed E-state index contributed by atoms with van der Waals surface area (Å²) in [7, 11) is 1.52. The van der Waals surface area contributed by atoms with E-state index in [0.29, 0.717) is 11.3 Å². The number of nitrogens with zero attached hydrogens (tertiary/aromatic N) is 1. The SMILES string of the molecule is COc1cc(C(=O)NC2CCCC[C@H]2O)ccc1CC#N. The Labute approximate surface area is 124 Å². The second-order valence-electron chi connectivity index (χ2n) is 5.29. The van der Waals surface area contributed by atoms with Crippen molar-refractivity contribution < 1.29 is 14.6 Å². The number of ether oxygens (including phenoxy) is 1. The van der Waals surface area contributed by atoms with Crippen molar-refractivity contribution in [3.8, 4) is 11.8 Å². The maximum Gasteiger partial charge on any atom is 0.251 e. The van der Waals surface area contributed by atoms with Crippen LogP contribution in [0.5, 0.6) is 5.75 Å². The first kappa shape index (κ1) is 15.3. The summed E-state index contributed by atoms with van der Waals surface area (Å²) in [5, 5.41) is 21.5. The lowest BCUT2D eigenvalue weighted by Crippen LogP contribution is -2.45. The second kappa shape index (κ2) is 7.09. The van der Waals surface area contributed by atoms with E-state index in [9.17, 15) is 9.90 Å². The molecule has 0 bridgehead atoms.